The summed E-state index contributed by atoms with van der Waals surface area (Å²) in [5.41, 5.74) is 4.38. The predicted octanol–water partition coefficient (Wildman–Crippen LogP) is 3.36. The summed E-state index contributed by atoms with van der Waals surface area (Å²) < 4.78 is 5.52. The van der Waals surface area contributed by atoms with Gasteiger partial charge in [0.15, 0.2) is 5.78 Å². The summed E-state index contributed by atoms with van der Waals surface area (Å²) in [6.07, 6.45) is 2.78. The normalized spacial score (nSPS) is 19.6. The third-order valence-electron chi connectivity index (χ3n) is 3.58. The highest BCUT2D eigenvalue weighted by atomic mass is 16.5. The second kappa shape index (κ2) is 5.01. The topological polar surface area (TPSA) is 26.3 Å². The number of Topliss-reactive ketones (excluding diaryl/α,β-unsaturated/α-hetero) is 1. The Labute approximate surface area is 103 Å². The van der Waals surface area contributed by atoms with Crippen molar-refractivity contribution in [3.05, 3.63) is 34.4 Å². The van der Waals surface area contributed by atoms with Crippen molar-refractivity contribution < 1.29 is 9.53 Å². The van der Waals surface area contributed by atoms with E-state index in [0.717, 1.165) is 30.6 Å². The molecule has 0 bridgehead atoms. The summed E-state index contributed by atoms with van der Waals surface area (Å²) in [5.74, 6) is 0.220. The van der Waals surface area contributed by atoms with Gasteiger partial charge in [0.25, 0.3) is 0 Å². The second-order valence-corrected chi connectivity index (χ2v) is 5.01. The van der Waals surface area contributed by atoms with Crippen LogP contribution < -0.4 is 0 Å². The maximum Gasteiger partial charge on any atom is 0.165 e. The van der Waals surface area contributed by atoms with E-state index in [4.69, 9.17) is 4.74 Å². The largest absolute Gasteiger partial charge is 0.378 e. The first kappa shape index (κ1) is 12.3. The van der Waals surface area contributed by atoms with Crippen LogP contribution >= 0.6 is 0 Å². The third kappa shape index (κ3) is 2.75. The van der Waals surface area contributed by atoms with Crippen molar-refractivity contribution in [1.29, 1.82) is 0 Å². The van der Waals surface area contributed by atoms with Gasteiger partial charge in [-0.1, -0.05) is 6.07 Å². The molecule has 2 rings (SSSR count). The number of hydrogen-bond donors (Lipinski definition) is 0. The molecule has 1 aliphatic rings. The number of carbonyl (C=O) groups excluding carboxylic acids is 1. The van der Waals surface area contributed by atoms with Gasteiger partial charge >= 0.3 is 0 Å². The van der Waals surface area contributed by atoms with Crippen LogP contribution in [0.5, 0.6) is 0 Å². The van der Waals surface area contributed by atoms with Crippen LogP contribution in [0.1, 0.15) is 46.3 Å². The molecule has 1 aromatic carbocycles. The standard InChI is InChI=1S/C15H20O2/c1-10-7-12(3)14(8-11(10)2)15(16)9-13-5-4-6-17-13/h7-8,13H,4-6,9H2,1-3H3. The van der Waals surface area contributed by atoms with Crippen LogP contribution in [0.2, 0.25) is 0 Å². The summed E-state index contributed by atoms with van der Waals surface area (Å²) in [6, 6.07) is 4.11. The molecule has 0 aromatic heterocycles. The van der Waals surface area contributed by atoms with Crippen LogP contribution in [0.15, 0.2) is 12.1 Å². The van der Waals surface area contributed by atoms with E-state index in [-0.39, 0.29) is 11.9 Å². The highest BCUT2D eigenvalue weighted by Gasteiger charge is 2.21. The Morgan fingerprint density at radius 2 is 1.94 bits per heavy atom. The maximum absolute atomic E-state index is 12.2. The van der Waals surface area contributed by atoms with Crippen LogP contribution in [0.3, 0.4) is 0 Å². The van der Waals surface area contributed by atoms with Gasteiger partial charge in [0.2, 0.25) is 0 Å². The van der Waals surface area contributed by atoms with Crippen molar-refractivity contribution in [2.75, 3.05) is 6.61 Å². The van der Waals surface area contributed by atoms with Crippen LogP contribution in [-0.4, -0.2) is 18.5 Å². The molecule has 1 unspecified atom stereocenters. The average molecular weight is 232 g/mol. The quantitative estimate of drug-likeness (QED) is 0.747. The van der Waals surface area contributed by atoms with Crippen molar-refractivity contribution in [2.45, 2.75) is 46.1 Å². The Balaban J connectivity index is 2.15. The lowest BCUT2D eigenvalue weighted by atomic mass is 9.95. The number of ether oxygens (including phenoxy) is 1. The number of rotatable bonds is 3. The molecule has 92 valence electrons. The molecular formula is C15H20O2. The summed E-state index contributed by atoms with van der Waals surface area (Å²) in [4.78, 5) is 12.2. The number of ketones is 1. The molecule has 0 aliphatic carbocycles. The fourth-order valence-electron chi connectivity index (χ4n) is 2.38. The number of hydrogen-bond acceptors (Lipinski definition) is 2. The van der Waals surface area contributed by atoms with Crippen LogP contribution in [-0.2, 0) is 4.74 Å². The van der Waals surface area contributed by atoms with Gasteiger partial charge in [-0.15, -0.1) is 0 Å². The van der Waals surface area contributed by atoms with Gasteiger partial charge in [0.05, 0.1) is 6.10 Å². The lowest BCUT2D eigenvalue weighted by Crippen LogP contribution is -2.13. The van der Waals surface area contributed by atoms with E-state index in [1.807, 2.05) is 13.0 Å². The highest BCUT2D eigenvalue weighted by Crippen LogP contribution is 2.21. The van der Waals surface area contributed by atoms with Crippen LogP contribution in [0, 0.1) is 20.8 Å². The maximum atomic E-state index is 12.2. The molecule has 2 nitrogen and oxygen atoms in total. The molecule has 1 saturated heterocycles. The monoisotopic (exact) mass is 232 g/mol. The zero-order chi connectivity index (χ0) is 12.4. The molecule has 0 radical (unpaired) electrons. The molecule has 1 atom stereocenters. The Kier molecular flexibility index (Phi) is 3.63. The van der Waals surface area contributed by atoms with Crippen molar-refractivity contribution in [2.24, 2.45) is 0 Å². The van der Waals surface area contributed by atoms with Crippen molar-refractivity contribution >= 4 is 5.78 Å². The molecule has 1 aromatic rings. The zero-order valence-corrected chi connectivity index (χ0v) is 10.9. The summed E-state index contributed by atoms with van der Waals surface area (Å²) >= 11 is 0. The smallest absolute Gasteiger partial charge is 0.165 e. The van der Waals surface area contributed by atoms with Gasteiger partial charge in [-0.3, -0.25) is 4.79 Å². The average Bonchev–Trinajstić information content (AvgIpc) is 2.76. The fourth-order valence-corrected chi connectivity index (χ4v) is 2.38. The van der Waals surface area contributed by atoms with E-state index >= 15 is 0 Å². The first-order valence-electron chi connectivity index (χ1n) is 6.30. The zero-order valence-electron chi connectivity index (χ0n) is 10.9. The summed E-state index contributed by atoms with van der Waals surface area (Å²) in [5, 5.41) is 0. The predicted molar refractivity (Wildman–Crippen MR) is 68.6 cm³/mol. The lowest BCUT2D eigenvalue weighted by molar-refractivity contribution is 0.0775. The summed E-state index contributed by atoms with van der Waals surface area (Å²) in [7, 11) is 0. The minimum atomic E-state index is 0.142. The Morgan fingerprint density at radius 1 is 1.24 bits per heavy atom. The second-order valence-electron chi connectivity index (χ2n) is 5.01. The van der Waals surface area contributed by atoms with Crippen LogP contribution in [0.4, 0.5) is 0 Å². The van der Waals surface area contributed by atoms with Gasteiger partial charge < -0.3 is 4.74 Å². The Morgan fingerprint density at radius 3 is 2.59 bits per heavy atom. The lowest BCUT2D eigenvalue weighted by Gasteiger charge is -2.12. The van der Waals surface area contributed by atoms with Gasteiger partial charge in [-0.05, 0) is 56.4 Å². The van der Waals surface area contributed by atoms with Crippen molar-refractivity contribution in [3.8, 4) is 0 Å². The molecule has 1 fully saturated rings. The third-order valence-corrected chi connectivity index (χ3v) is 3.58. The Bertz CT molecular complexity index is 429. The van der Waals surface area contributed by atoms with Crippen LogP contribution in [0.25, 0.3) is 0 Å². The van der Waals surface area contributed by atoms with E-state index in [1.165, 1.54) is 11.1 Å². The van der Waals surface area contributed by atoms with E-state index in [9.17, 15) is 4.79 Å². The molecule has 0 amide bonds. The molecular weight excluding hydrogens is 212 g/mol. The SMILES string of the molecule is Cc1cc(C)c(C(=O)CC2CCCO2)cc1C. The van der Waals surface area contributed by atoms with E-state index in [2.05, 4.69) is 19.9 Å². The first-order valence-corrected chi connectivity index (χ1v) is 6.30. The molecule has 0 saturated carbocycles. The number of carbonyl (C=O) groups is 1. The molecule has 0 N–H and O–H groups in total. The first-order chi connectivity index (χ1) is 8.08. The van der Waals surface area contributed by atoms with Gasteiger partial charge in [0, 0.05) is 18.6 Å². The minimum Gasteiger partial charge on any atom is -0.378 e. The van der Waals surface area contributed by atoms with Gasteiger partial charge in [0.1, 0.15) is 0 Å². The van der Waals surface area contributed by atoms with E-state index < -0.39 is 0 Å². The van der Waals surface area contributed by atoms with E-state index in [0.29, 0.717) is 6.42 Å². The number of benzene rings is 1. The molecule has 1 aliphatic heterocycles. The minimum absolute atomic E-state index is 0.142. The van der Waals surface area contributed by atoms with Crippen molar-refractivity contribution in [1.82, 2.24) is 0 Å². The fraction of sp³-hybridized carbons (Fsp3) is 0.533. The summed E-state index contributed by atoms with van der Waals surface area (Å²) in [6.45, 7) is 6.95. The Hall–Kier alpha value is -1.15. The molecule has 2 heteroatoms. The van der Waals surface area contributed by atoms with Crippen molar-refractivity contribution in [3.63, 3.8) is 0 Å². The molecule has 1 heterocycles. The van der Waals surface area contributed by atoms with Gasteiger partial charge in [-0.2, -0.15) is 0 Å². The molecule has 17 heavy (non-hydrogen) atoms. The van der Waals surface area contributed by atoms with Gasteiger partial charge in [-0.25, -0.2) is 0 Å². The highest BCUT2D eigenvalue weighted by molar-refractivity contribution is 5.98. The molecule has 0 spiro atoms. The van der Waals surface area contributed by atoms with E-state index in [1.54, 1.807) is 0 Å². The number of aryl methyl sites for hydroxylation is 3.